The molecular formula is C21H17Cl2N3O3. The Morgan fingerprint density at radius 1 is 1.03 bits per heavy atom. The van der Waals surface area contributed by atoms with Crippen LogP contribution in [0.2, 0.25) is 10.0 Å². The third-order valence-electron chi connectivity index (χ3n) is 6.15. The third kappa shape index (κ3) is 2.52. The molecule has 2 atom stereocenters. The Balaban J connectivity index is 1.68. The number of nitrogens with one attached hydrogen (secondary N) is 1. The van der Waals surface area contributed by atoms with E-state index >= 15 is 0 Å². The standard InChI is InChI=1S/C21H17Cl2N3O3/c22-13-7-8-14(23)16(10-13)26-19(28)21(18(27)24-20(26)29)11-12-4-1-2-5-15(12)25-9-3-6-17(21)25/h1-2,4-5,7-8,10,17H,3,6,9,11H2,(H,24,27,29). The van der Waals surface area contributed by atoms with Crippen LogP contribution >= 0.6 is 23.2 Å². The van der Waals surface area contributed by atoms with Gasteiger partial charge in [0.25, 0.3) is 5.91 Å². The summed E-state index contributed by atoms with van der Waals surface area (Å²) in [6.07, 6.45) is 1.79. The number of amides is 4. The van der Waals surface area contributed by atoms with Crippen molar-refractivity contribution in [1.82, 2.24) is 5.32 Å². The lowest BCUT2D eigenvalue weighted by molar-refractivity contribution is -0.144. The molecule has 2 aromatic carbocycles. The topological polar surface area (TPSA) is 69.7 Å². The summed E-state index contributed by atoms with van der Waals surface area (Å²) in [5, 5.41) is 2.96. The van der Waals surface area contributed by atoms with Crippen LogP contribution in [0.4, 0.5) is 16.2 Å². The average molecular weight is 430 g/mol. The van der Waals surface area contributed by atoms with Crippen LogP contribution in [0.15, 0.2) is 42.5 Å². The van der Waals surface area contributed by atoms with E-state index in [4.69, 9.17) is 23.2 Å². The van der Waals surface area contributed by atoms with E-state index in [1.165, 1.54) is 12.1 Å². The molecule has 2 unspecified atom stereocenters. The maximum Gasteiger partial charge on any atom is 0.335 e. The summed E-state index contributed by atoms with van der Waals surface area (Å²) in [5.74, 6) is -1.10. The molecule has 3 aliphatic heterocycles. The van der Waals surface area contributed by atoms with E-state index in [0.717, 1.165) is 29.1 Å². The molecule has 4 amide bonds. The zero-order chi connectivity index (χ0) is 20.3. The van der Waals surface area contributed by atoms with E-state index in [1.54, 1.807) is 6.07 Å². The van der Waals surface area contributed by atoms with Gasteiger partial charge in [0.1, 0.15) is 0 Å². The first-order valence-electron chi connectivity index (χ1n) is 9.43. The SMILES string of the molecule is O=C1NC(=O)C2(Cc3ccccc3N3CCCC32)C(=O)N1c1cc(Cl)ccc1Cl. The summed E-state index contributed by atoms with van der Waals surface area (Å²) in [7, 11) is 0. The number of halogens is 2. The Hall–Kier alpha value is -2.57. The summed E-state index contributed by atoms with van der Waals surface area (Å²) >= 11 is 12.4. The van der Waals surface area contributed by atoms with Gasteiger partial charge in [-0.05, 0) is 49.1 Å². The maximum atomic E-state index is 13.9. The second kappa shape index (κ2) is 6.47. The van der Waals surface area contributed by atoms with Crippen molar-refractivity contribution >= 4 is 52.4 Å². The number of carbonyl (C=O) groups excluding carboxylic acids is 3. The van der Waals surface area contributed by atoms with Crippen molar-refractivity contribution in [2.24, 2.45) is 5.41 Å². The summed E-state index contributed by atoms with van der Waals surface area (Å²) in [4.78, 5) is 42.9. The predicted octanol–water partition coefficient (Wildman–Crippen LogP) is 3.79. The smallest absolute Gasteiger partial charge is 0.335 e. The first-order chi connectivity index (χ1) is 13.9. The monoisotopic (exact) mass is 429 g/mol. The fraction of sp³-hybridized carbons (Fsp3) is 0.286. The van der Waals surface area contributed by atoms with Gasteiger partial charge in [-0.25, -0.2) is 9.69 Å². The lowest BCUT2D eigenvalue weighted by Gasteiger charge is -2.49. The van der Waals surface area contributed by atoms with Crippen LogP contribution in [0.5, 0.6) is 0 Å². The van der Waals surface area contributed by atoms with E-state index in [0.29, 0.717) is 11.4 Å². The number of para-hydroxylation sites is 1. The fourth-order valence-electron chi connectivity index (χ4n) is 4.91. The first-order valence-corrected chi connectivity index (χ1v) is 10.2. The molecule has 148 valence electrons. The summed E-state index contributed by atoms with van der Waals surface area (Å²) < 4.78 is 0. The molecule has 3 heterocycles. The molecule has 0 radical (unpaired) electrons. The van der Waals surface area contributed by atoms with Crippen LogP contribution < -0.4 is 15.1 Å². The van der Waals surface area contributed by atoms with Crippen molar-refractivity contribution in [2.45, 2.75) is 25.3 Å². The van der Waals surface area contributed by atoms with Gasteiger partial charge in [0.15, 0.2) is 5.41 Å². The Labute approximate surface area is 177 Å². The van der Waals surface area contributed by atoms with Gasteiger partial charge in [-0.1, -0.05) is 41.4 Å². The first kappa shape index (κ1) is 18.5. The van der Waals surface area contributed by atoms with E-state index < -0.39 is 23.3 Å². The van der Waals surface area contributed by atoms with E-state index in [9.17, 15) is 14.4 Å². The van der Waals surface area contributed by atoms with Gasteiger partial charge in [0.05, 0.1) is 16.8 Å². The zero-order valence-corrected chi connectivity index (χ0v) is 16.8. The highest BCUT2D eigenvalue weighted by atomic mass is 35.5. The second-order valence-electron chi connectivity index (χ2n) is 7.62. The molecule has 8 heteroatoms. The molecule has 2 aromatic rings. The number of anilines is 2. The van der Waals surface area contributed by atoms with Crippen molar-refractivity contribution < 1.29 is 14.4 Å². The highest BCUT2D eigenvalue weighted by molar-refractivity contribution is 6.39. The molecular weight excluding hydrogens is 413 g/mol. The lowest BCUT2D eigenvalue weighted by Crippen LogP contribution is -2.71. The molecule has 0 aliphatic carbocycles. The van der Waals surface area contributed by atoms with Crippen LogP contribution in [-0.2, 0) is 16.0 Å². The number of urea groups is 1. The third-order valence-corrected chi connectivity index (χ3v) is 6.71. The molecule has 2 fully saturated rings. The minimum absolute atomic E-state index is 0.178. The number of hydrogen-bond acceptors (Lipinski definition) is 4. The minimum atomic E-state index is -1.40. The molecule has 2 saturated heterocycles. The van der Waals surface area contributed by atoms with Crippen LogP contribution in [0, 0.1) is 5.41 Å². The van der Waals surface area contributed by atoms with Gasteiger partial charge in [-0.15, -0.1) is 0 Å². The van der Waals surface area contributed by atoms with Crippen molar-refractivity contribution in [1.29, 1.82) is 0 Å². The Morgan fingerprint density at radius 3 is 2.66 bits per heavy atom. The van der Waals surface area contributed by atoms with Gasteiger partial charge in [0.2, 0.25) is 5.91 Å². The molecule has 1 spiro atoms. The number of carbonyl (C=O) groups is 3. The van der Waals surface area contributed by atoms with Crippen molar-refractivity contribution in [2.75, 3.05) is 16.3 Å². The number of hydrogen-bond donors (Lipinski definition) is 1. The quantitative estimate of drug-likeness (QED) is 0.700. The molecule has 0 saturated carbocycles. The Bertz CT molecular complexity index is 1070. The average Bonchev–Trinajstić information content (AvgIpc) is 3.19. The summed E-state index contributed by atoms with van der Waals surface area (Å²) in [6.45, 7) is 0.760. The summed E-state index contributed by atoms with van der Waals surface area (Å²) in [5.41, 5.74) is 0.743. The number of nitrogens with zero attached hydrogens (tertiary/aromatic N) is 2. The molecule has 6 nitrogen and oxygen atoms in total. The number of fused-ring (bicyclic) bond motifs is 4. The van der Waals surface area contributed by atoms with Gasteiger partial charge in [-0.2, -0.15) is 0 Å². The van der Waals surface area contributed by atoms with E-state index in [-0.39, 0.29) is 23.2 Å². The van der Waals surface area contributed by atoms with Crippen molar-refractivity contribution in [3.8, 4) is 0 Å². The molecule has 1 N–H and O–H groups in total. The molecule has 5 rings (SSSR count). The number of benzene rings is 2. The lowest BCUT2D eigenvalue weighted by atomic mass is 9.68. The van der Waals surface area contributed by atoms with Crippen LogP contribution in [0.25, 0.3) is 0 Å². The highest BCUT2D eigenvalue weighted by Crippen LogP contribution is 2.49. The largest absolute Gasteiger partial charge is 0.367 e. The van der Waals surface area contributed by atoms with Gasteiger partial charge < -0.3 is 4.90 Å². The number of barbiturate groups is 1. The highest BCUT2D eigenvalue weighted by Gasteiger charge is 2.63. The maximum absolute atomic E-state index is 13.9. The second-order valence-corrected chi connectivity index (χ2v) is 8.47. The Morgan fingerprint density at radius 2 is 1.83 bits per heavy atom. The zero-order valence-electron chi connectivity index (χ0n) is 15.3. The number of imide groups is 2. The molecule has 0 aromatic heterocycles. The summed E-state index contributed by atoms with van der Waals surface area (Å²) in [6, 6.07) is 11.2. The minimum Gasteiger partial charge on any atom is -0.367 e. The van der Waals surface area contributed by atoms with Crippen molar-refractivity contribution in [3.63, 3.8) is 0 Å². The molecule has 3 aliphatic rings. The van der Waals surface area contributed by atoms with E-state index in [2.05, 4.69) is 10.2 Å². The number of rotatable bonds is 1. The van der Waals surface area contributed by atoms with Crippen LogP contribution in [0.3, 0.4) is 0 Å². The van der Waals surface area contributed by atoms with Crippen molar-refractivity contribution in [3.05, 3.63) is 58.1 Å². The van der Waals surface area contributed by atoms with E-state index in [1.807, 2.05) is 24.3 Å². The predicted molar refractivity (Wildman–Crippen MR) is 110 cm³/mol. The van der Waals surface area contributed by atoms with Crippen LogP contribution in [-0.4, -0.2) is 30.4 Å². The van der Waals surface area contributed by atoms with Gasteiger partial charge in [0, 0.05) is 17.3 Å². The normalized spacial score (nSPS) is 25.9. The molecule has 0 bridgehead atoms. The van der Waals surface area contributed by atoms with Gasteiger partial charge >= 0.3 is 6.03 Å². The fourth-order valence-corrected chi connectivity index (χ4v) is 5.27. The van der Waals surface area contributed by atoms with Gasteiger partial charge in [-0.3, -0.25) is 14.9 Å². The van der Waals surface area contributed by atoms with Crippen LogP contribution in [0.1, 0.15) is 18.4 Å². The Kier molecular flexibility index (Phi) is 4.12. The molecule has 29 heavy (non-hydrogen) atoms.